The van der Waals surface area contributed by atoms with Gasteiger partial charge in [-0.1, -0.05) is 30.8 Å². The summed E-state index contributed by atoms with van der Waals surface area (Å²) in [5.74, 6) is -1.05. The van der Waals surface area contributed by atoms with E-state index in [-0.39, 0.29) is 11.7 Å². The van der Waals surface area contributed by atoms with Gasteiger partial charge in [-0.05, 0) is 12.1 Å². The van der Waals surface area contributed by atoms with E-state index in [9.17, 15) is 18.0 Å². The molecule has 1 fully saturated rings. The van der Waals surface area contributed by atoms with Gasteiger partial charge in [0, 0.05) is 5.92 Å². The van der Waals surface area contributed by atoms with Crippen molar-refractivity contribution in [3.05, 3.63) is 24.3 Å². The summed E-state index contributed by atoms with van der Waals surface area (Å²) in [6.45, 7) is 1.44. The Labute approximate surface area is 144 Å². The number of aromatic nitrogens is 1. The van der Waals surface area contributed by atoms with Gasteiger partial charge in [0.05, 0.1) is 22.1 Å². The van der Waals surface area contributed by atoms with Crippen molar-refractivity contribution >= 4 is 39.2 Å². The molecule has 0 radical (unpaired) electrons. The second-order valence-electron chi connectivity index (χ2n) is 5.45. The molecule has 10 heteroatoms. The Balaban J connectivity index is 1.53. The van der Waals surface area contributed by atoms with Crippen LogP contribution in [0.4, 0.5) is 13.2 Å². The van der Waals surface area contributed by atoms with Crippen LogP contribution in [0.5, 0.6) is 0 Å². The molecule has 3 N–H and O–H groups in total. The first-order valence-electron chi connectivity index (χ1n) is 7.20. The number of hydrogen-bond acceptors (Lipinski definition) is 6. The topological polar surface area (TPSA) is 66.0 Å². The third-order valence-corrected chi connectivity index (χ3v) is 5.90. The molecule has 3 rings (SSSR count). The van der Waals surface area contributed by atoms with Crippen molar-refractivity contribution in [3.63, 3.8) is 0 Å². The van der Waals surface area contributed by atoms with Crippen LogP contribution in [0.15, 0.2) is 28.6 Å². The molecule has 1 aromatic heterocycles. The monoisotopic (exact) mass is 376 g/mol. The molecule has 1 aliphatic heterocycles. The zero-order valence-electron chi connectivity index (χ0n) is 12.6. The molecule has 1 aliphatic rings. The molecule has 1 amide bonds. The van der Waals surface area contributed by atoms with E-state index in [1.807, 2.05) is 24.3 Å². The van der Waals surface area contributed by atoms with Gasteiger partial charge in [0.2, 0.25) is 5.91 Å². The van der Waals surface area contributed by atoms with Gasteiger partial charge < -0.3 is 5.32 Å². The summed E-state index contributed by atoms with van der Waals surface area (Å²) < 4.78 is 40.1. The first-order valence-corrected chi connectivity index (χ1v) is 9.00. The Bertz CT molecular complexity index is 703. The van der Waals surface area contributed by atoms with Crippen molar-refractivity contribution in [2.24, 2.45) is 5.92 Å². The largest absolute Gasteiger partial charge is 0.405 e. The van der Waals surface area contributed by atoms with Crippen LogP contribution in [0, 0.1) is 5.92 Å². The standard InChI is InChI=1S/C14H15F3N4OS2/c1-7-11(14(15,16)17)20-21-12(7)19-10(22)6-23-13-18-8-4-2-3-5-9(8)24-13/h2-5,7,11-12,20-21H,6H2,1H3,(H,19,22). The number of carbonyl (C=O) groups is 1. The quantitative estimate of drug-likeness (QED) is 0.716. The first-order chi connectivity index (χ1) is 11.3. The van der Waals surface area contributed by atoms with Crippen molar-refractivity contribution < 1.29 is 18.0 Å². The van der Waals surface area contributed by atoms with E-state index in [0.29, 0.717) is 0 Å². The highest BCUT2D eigenvalue weighted by molar-refractivity contribution is 8.01. The van der Waals surface area contributed by atoms with Gasteiger partial charge in [-0.15, -0.1) is 11.3 Å². The summed E-state index contributed by atoms with van der Waals surface area (Å²) in [6.07, 6.45) is -5.12. The molecule has 5 nitrogen and oxygen atoms in total. The van der Waals surface area contributed by atoms with Crippen molar-refractivity contribution in [3.8, 4) is 0 Å². The lowest BCUT2D eigenvalue weighted by molar-refractivity contribution is -0.161. The lowest BCUT2D eigenvalue weighted by Gasteiger charge is -2.21. The number of thiazole rings is 1. The van der Waals surface area contributed by atoms with E-state index >= 15 is 0 Å². The number of carbonyl (C=O) groups excluding carboxylic acids is 1. The number of benzene rings is 1. The van der Waals surface area contributed by atoms with Gasteiger partial charge in [0.25, 0.3) is 0 Å². The van der Waals surface area contributed by atoms with Crippen LogP contribution in [0.3, 0.4) is 0 Å². The van der Waals surface area contributed by atoms with Crippen molar-refractivity contribution in [2.75, 3.05) is 5.75 Å². The molecular weight excluding hydrogens is 361 g/mol. The number of alkyl halides is 3. The number of hydrogen-bond donors (Lipinski definition) is 3. The highest BCUT2D eigenvalue weighted by atomic mass is 32.2. The number of halogens is 3. The van der Waals surface area contributed by atoms with E-state index < -0.39 is 24.3 Å². The number of para-hydroxylation sites is 1. The predicted octanol–water partition coefficient (Wildman–Crippen LogP) is 2.51. The molecule has 0 saturated carbocycles. The van der Waals surface area contributed by atoms with Gasteiger partial charge in [0.15, 0.2) is 4.34 Å². The van der Waals surface area contributed by atoms with Crippen LogP contribution in [0.2, 0.25) is 0 Å². The maximum Gasteiger partial charge on any atom is 0.405 e. The van der Waals surface area contributed by atoms with Gasteiger partial charge in [0.1, 0.15) is 6.04 Å². The second kappa shape index (κ2) is 6.87. The molecule has 2 heterocycles. The van der Waals surface area contributed by atoms with Crippen LogP contribution in [0.1, 0.15) is 6.92 Å². The minimum atomic E-state index is -4.36. The number of hydrazine groups is 1. The lowest BCUT2D eigenvalue weighted by atomic mass is 10.0. The minimum absolute atomic E-state index is 0.0986. The van der Waals surface area contributed by atoms with Crippen molar-refractivity contribution in [1.29, 1.82) is 0 Å². The summed E-state index contributed by atoms with van der Waals surface area (Å²) in [7, 11) is 0. The normalized spacial score (nSPS) is 24.4. The highest BCUT2D eigenvalue weighted by Gasteiger charge is 2.49. The average Bonchev–Trinajstić information content (AvgIpc) is 3.08. The molecule has 0 bridgehead atoms. The molecule has 130 valence electrons. The van der Waals surface area contributed by atoms with Crippen LogP contribution in [0.25, 0.3) is 10.2 Å². The molecule has 24 heavy (non-hydrogen) atoms. The fraction of sp³-hybridized carbons (Fsp3) is 0.429. The number of nitrogens with one attached hydrogen (secondary N) is 3. The molecule has 2 aromatic rings. The fourth-order valence-electron chi connectivity index (χ4n) is 2.44. The van der Waals surface area contributed by atoms with Gasteiger partial charge in [-0.2, -0.15) is 13.2 Å². The molecular formula is C14H15F3N4OS2. The number of thioether (sulfide) groups is 1. The van der Waals surface area contributed by atoms with Crippen LogP contribution < -0.4 is 16.2 Å². The van der Waals surface area contributed by atoms with Gasteiger partial charge >= 0.3 is 6.18 Å². The predicted molar refractivity (Wildman–Crippen MR) is 87.6 cm³/mol. The Morgan fingerprint density at radius 3 is 2.79 bits per heavy atom. The summed E-state index contributed by atoms with van der Waals surface area (Å²) in [4.78, 5) is 16.4. The van der Waals surface area contributed by atoms with Gasteiger partial charge in [-0.25, -0.2) is 15.8 Å². The second-order valence-corrected chi connectivity index (χ2v) is 7.70. The third-order valence-electron chi connectivity index (χ3n) is 3.72. The maximum absolute atomic E-state index is 12.8. The number of nitrogens with zero attached hydrogens (tertiary/aromatic N) is 1. The summed E-state index contributed by atoms with van der Waals surface area (Å²) in [5, 5.41) is 2.58. The smallest absolute Gasteiger partial charge is 0.339 e. The summed E-state index contributed by atoms with van der Waals surface area (Å²) in [6, 6.07) is 5.96. The number of amides is 1. The van der Waals surface area contributed by atoms with E-state index in [4.69, 9.17) is 0 Å². The summed E-state index contributed by atoms with van der Waals surface area (Å²) in [5.41, 5.74) is 5.55. The van der Waals surface area contributed by atoms with Crippen LogP contribution in [-0.4, -0.2) is 35.0 Å². The molecule has 0 aliphatic carbocycles. The molecule has 3 atom stereocenters. The molecule has 0 spiro atoms. The van der Waals surface area contributed by atoms with Crippen LogP contribution in [-0.2, 0) is 4.79 Å². The fourth-order valence-corrected chi connectivity index (χ4v) is 4.32. The SMILES string of the molecule is CC1C(NC(=O)CSc2nc3ccccc3s2)NNC1C(F)(F)F. The van der Waals surface area contributed by atoms with Crippen molar-refractivity contribution in [1.82, 2.24) is 21.2 Å². The first kappa shape index (κ1) is 17.5. The van der Waals surface area contributed by atoms with E-state index in [1.165, 1.54) is 30.0 Å². The zero-order valence-corrected chi connectivity index (χ0v) is 14.2. The third kappa shape index (κ3) is 3.82. The molecule has 1 saturated heterocycles. The Morgan fingerprint density at radius 2 is 2.12 bits per heavy atom. The minimum Gasteiger partial charge on any atom is -0.339 e. The van der Waals surface area contributed by atoms with Crippen LogP contribution >= 0.6 is 23.1 Å². The Hall–Kier alpha value is -1.36. The Morgan fingerprint density at radius 1 is 1.38 bits per heavy atom. The number of fused-ring (bicyclic) bond motifs is 1. The van der Waals surface area contributed by atoms with Gasteiger partial charge in [-0.3, -0.25) is 4.79 Å². The van der Waals surface area contributed by atoms with E-state index in [0.717, 1.165) is 14.6 Å². The van der Waals surface area contributed by atoms with E-state index in [1.54, 1.807) is 0 Å². The lowest BCUT2D eigenvalue weighted by Crippen LogP contribution is -2.47. The highest BCUT2D eigenvalue weighted by Crippen LogP contribution is 2.30. The molecule has 1 aromatic carbocycles. The summed E-state index contributed by atoms with van der Waals surface area (Å²) >= 11 is 2.75. The Kier molecular flexibility index (Phi) is 5.00. The maximum atomic E-state index is 12.8. The van der Waals surface area contributed by atoms with E-state index in [2.05, 4.69) is 21.2 Å². The molecule has 3 unspecified atom stereocenters. The number of rotatable bonds is 4. The average molecular weight is 376 g/mol. The zero-order chi connectivity index (χ0) is 17.3. The van der Waals surface area contributed by atoms with Crippen molar-refractivity contribution in [2.45, 2.75) is 29.6 Å².